The Morgan fingerprint density at radius 2 is 1.77 bits per heavy atom. The van der Waals surface area contributed by atoms with Crippen molar-refractivity contribution >= 4 is 32.3 Å². The highest BCUT2D eigenvalue weighted by molar-refractivity contribution is 7.20. The first-order valence-electron chi connectivity index (χ1n) is 12.7. The van der Waals surface area contributed by atoms with Crippen LogP contribution in [0.1, 0.15) is 56.2 Å². The molecular weight excluding hydrogens is 444 g/mol. The Hall–Kier alpha value is -3.04. The summed E-state index contributed by atoms with van der Waals surface area (Å²) in [5.74, 6) is 0.654. The molecule has 0 bridgehead atoms. The lowest BCUT2D eigenvalue weighted by molar-refractivity contribution is 0.596. The highest BCUT2D eigenvalue weighted by atomic mass is 32.1. The van der Waals surface area contributed by atoms with Gasteiger partial charge in [0.05, 0.1) is 15.9 Å². The Balaban J connectivity index is 1.58. The fourth-order valence-corrected chi connectivity index (χ4v) is 6.99. The van der Waals surface area contributed by atoms with E-state index in [1.54, 1.807) is 6.33 Å². The molecule has 0 atom stereocenters. The monoisotopic (exact) mass is 476 g/mol. The molecule has 0 saturated heterocycles. The van der Waals surface area contributed by atoms with Gasteiger partial charge < -0.3 is 0 Å². The largest absolute Gasteiger partial charge is 0.235 e. The van der Waals surface area contributed by atoms with Gasteiger partial charge in [-0.1, -0.05) is 77.1 Å². The van der Waals surface area contributed by atoms with Gasteiger partial charge in [-0.05, 0) is 75.8 Å². The van der Waals surface area contributed by atoms with Crippen LogP contribution < -0.4 is 0 Å². The van der Waals surface area contributed by atoms with Gasteiger partial charge in [0.15, 0.2) is 0 Å². The first-order chi connectivity index (χ1) is 16.8. The number of aromatic nitrogens is 2. The summed E-state index contributed by atoms with van der Waals surface area (Å²) in [6.45, 7) is 11.5. The number of rotatable bonds is 3. The summed E-state index contributed by atoms with van der Waals surface area (Å²) in [6, 6.07) is 20.2. The van der Waals surface area contributed by atoms with Crippen LogP contribution in [0.15, 0.2) is 60.9 Å². The lowest BCUT2D eigenvalue weighted by Crippen LogP contribution is -2.12. The zero-order valence-electron chi connectivity index (χ0n) is 21.3. The van der Waals surface area contributed by atoms with Crippen molar-refractivity contribution in [2.24, 2.45) is 5.92 Å². The first-order valence-corrected chi connectivity index (χ1v) is 13.5. The van der Waals surface area contributed by atoms with Gasteiger partial charge in [-0.2, -0.15) is 0 Å². The van der Waals surface area contributed by atoms with Crippen LogP contribution in [0, 0.1) is 5.92 Å². The summed E-state index contributed by atoms with van der Waals surface area (Å²) in [4.78, 5) is 11.2. The Labute approximate surface area is 212 Å². The highest BCUT2D eigenvalue weighted by Gasteiger charge is 2.26. The highest BCUT2D eigenvalue weighted by Crippen LogP contribution is 2.47. The van der Waals surface area contributed by atoms with Crippen molar-refractivity contribution in [3.63, 3.8) is 0 Å². The van der Waals surface area contributed by atoms with Crippen LogP contribution in [0.5, 0.6) is 0 Å². The van der Waals surface area contributed by atoms with Crippen molar-refractivity contribution in [2.75, 3.05) is 0 Å². The third-order valence-electron chi connectivity index (χ3n) is 7.26. The number of hydrogen-bond donors (Lipinski definition) is 0. The molecule has 0 spiro atoms. The van der Waals surface area contributed by atoms with E-state index in [0.29, 0.717) is 5.92 Å². The van der Waals surface area contributed by atoms with E-state index < -0.39 is 0 Å². The van der Waals surface area contributed by atoms with E-state index in [2.05, 4.69) is 89.2 Å². The average Bonchev–Trinajstić information content (AvgIpc) is 3.22. The van der Waals surface area contributed by atoms with Gasteiger partial charge in [-0.15, -0.1) is 11.3 Å². The quantitative estimate of drug-likeness (QED) is 0.260. The van der Waals surface area contributed by atoms with Crippen molar-refractivity contribution in [1.82, 2.24) is 9.97 Å². The van der Waals surface area contributed by atoms with E-state index in [1.165, 1.54) is 53.7 Å². The summed E-state index contributed by atoms with van der Waals surface area (Å²) in [6.07, 6.45) is 5.10. The number of thiophene rings is 1. The van der Waals surface area contributed by atoms with Crippen LogP contribution in [-0.2, 0) is 24.7 Å². The fraction of sp³-hybridized carbons (Fsp3) is 0.312. The third-order valence-corrected chi connectivity index (χ3v) is 8.51. The molecule has 0 unspecified atom stereocenters. The molecule has 0 amide bonds. The lowest BCUT2D eigenvalue weighted by atomic mass is 9.82. The zero-order valence-corrected chi connectivity index (χ0v) is 22.1. The van der Waals surface area contributed by atoms with Crippen LogP contribution in [0.4, 0.5) is 0 Å². The van der Waals surface area contributed by atoms with E-state index in [0.717, 1.165) is 30.5 Å². The van der Waals surface area contributed by atoms with Crippen molar-refractivity contribution in [1.29, 1.82) is 0 Å². The molecule has 3 aromatic carbocycles. The van der Waals surface area contributed by atoms with E-state index in [4.69, 9.17) is 9.97 Å². The minimum Gasteiger partial charge on any atom is -0.235 e. The Bertz CT molecular complexity index is 1580. The van der Waals surface area contributed by atoms with Crippen molar-refractivity contribution in [3.05, 3.63) is 82.5 Å². The first kappa shape index (κ1) is 22.4. The number of benzene rings is 3. The number of aryl methyl sites for hydroxylation is 1. The standard InChI is InChI=1S/C32H32N2S/c1-19(2)15-20-10-8-12-25-23(20)13-14-27-28(25)30-31(35-27)29(33-18-34-30)22-16-21-9-6-7-11-24(21)26(17-22)32(3,4)5/h6-12,16-19H,13-15H2,1-5H3. The van der Waals surface area contributed by atoms with E-state index in [1.807, 2.05) is 11.3 Å². The zero-order chi connectivity index (χ0) is 24.3. The second kappa shape index (κ2) is 8.27. The lowest BCUT2D eigenvalue weighted by Gasteiger charge is -2.22. The molecule has 0 saturated carbocycles. The van der Waals surface area contributed by atoms with Crippen LogP contribution in [0.3, 0.4) is 0 Å². The minimum absolute atomic E-state index is 0.0439. The maximum Gasteiger partial charge on any atom is 0.116 e. The molecule has 1 aliphatic carbocycles. The minimum atomic E-state index is 0.0439. The Morgan fingerprint density at radius 3 is 2.57 bits per heavy atom. The number of fused-ring (bicyclic) bond motifs is 6. The molecule has 0 aliphatic heterocycles. The molecular formula is C32H32N2S. The summed E-state index contributed by atoms with van der Waals surface area (Å²) < 4.78 is 1.22. The van der Waals surface area contributed by atoms with Crippen molar-refractivity contribution in [2.45, 2.75) is 59.3 Å². The second-order valence-electron chi connectivity index (χ2n) is 11.3. The van der Waals surface area contributed by atoms with Gasteiger partial charge in [0.1, 0.15) is 6.33 Å². The van der Waals surface area contributed by atoms with E-state index in [9.17, 15) is 0 Å². The maximum absolute atomic E-state index is 4.86. The maximum atomic E-state index is 4.86. The summed E-state index contributed by atoms with van der Waals surface area (Å²) in [5, 5.41) is 2.60. The topological polar surface area (TPSA) is 25.8 Å². The molecule has 2 heterocycles. The Morgan fingerprint density at radius 1 is 0.943 bits per heavy atom. The molecule has 2 aromatic heterocycles. The van der Waals surface area contributed by atoms with Crippen LogP contribution in [-0.4, -0.2) is 9.97 Å². The normalized spacial score (nSPS) is 13.4. The number of nitrogens with zero attached hydrogens (tertiary/aromatic N) is 2. The Kier molecular flexibility index (Phi) is 5.30. The molecule has 0 radical (unpaired) electrons. The molecule has 3 heteroatoms. The van der Waals surface area contributed by atoms with E-state index in [-0.39, 0.29) is 5.41 Å². The van der Waals surface area contributed by atoms with Crippen LogP contribution in [0.25, 0.3) is 43.4 Å². The SMILES string of the molecule is CC(C)Cc1cccc2c1CCc1sc3c(-c4cc(C(C)(C)C)c5ccccc5c4)ncnc3c1-2. The number of hydrogen-bond acceptors (Lipinski definition) is 3. The third kappa shape index (κ3) is 3.77. The predicted octanol–water partition coefficient (Wildman–Crippen LogP) is 8.77. The van der Waals surface area contributed by atoms with Crippen LogP contribution >= 0.6 is 11.3 Å². The summed E-state index contributed by atoms with van der Waals surface area (Å²) >= 11 is 1.90. The van der Waals surface area contributed by atoms with Gasteiger partial charge >= 0.3 is 0 Å². The molecule has 0 fully saturated rings. The second-order valence-corrected chi connectivity index (χ2v) is 12.4. The molecule has 0 N–H and O–H groups in total. The van der Waals surface area contributed by atoms with Gasteiger partial charge in [-0.3, -0.25) is 0 Å². The molecule has 2 nitrogen and oxygen atoms in total. The molecule has 5 aromatic rings. The summed E-state index contributed by atoms with van der Waals surface area (Å²) in [7, 11) is 0. The fourth-order valence-electron chi connectivity index (χ4n) is 5.72. The molecule has 35 heavy (non-hydrogen) atoms. The van der Waals surface area contributed by atoms with Crippen molar-refractivity contribution in [3.8, 4) is 22.4 Å². The molecule has 176 valence electrons. The predicted molar refractivity (Wildman–Crippen MR) is 150 cm³/mol. The van der Waals surface area contributed by atoms with Crippen molar-refractivity contribution < 1.29 is 0 Å². The smallest absolute Gasteiger partial charge is 0.116 e. The van der Waals surface area contributed by atoms with Gasteiger partial charge in [-0.25, -0.2) is 9.97 Å². The average molecular weight is 477 g/mol. The van der Waals surface area contributed by atoms with Gasteiger partial charge in [0, 0.05) is 16.0 Å². The van der Waals surface area contributed by atoms with Gasteiger partial charge in [0.25, 0.3) is 0 Å². The molecule has 1 aliphatic rings. The van der Waals surface area contributed by atoms with E-state index >= 15 is 0 Å². The summed E-state index contributed by atoms with van der Waals surface area (Å²) in [5.41, 5.74) is 10.5. The van der Waals surface area contributed by atoms with Gasteiger partial charge in [0.2, 0.25) is 0 Å². The van der Waals surface area contributed by atoms with Crippen LogP contribution in [0.2, 0.25) is 0 Å². The molecule has 6 rings (SSSR count).